The van der Waals surface area contributed by atoms with Crippen molar-refractivity contribution in [3.8, 4) is 0 Å². The first kappa shape index (κ1) is 25.7. The van der Waals surface area contributed by atoms with Crippen LogP contribution in [0.2, 0.25) is 0 Å². The highest BCUT2D eigenvalue weighted by molar-refractivity contribution is 7.89. The molecular weight excluding hydrogens is 478 g/mol. The second-order valence-corrected chi connectivity index (χ2v) is 11.4. The minimum Gasteiger partial charge on any atom is -0.390 e. The van der Waals surface area contributed by atoms with E-state index in [1.807, 2.05) is 25.1 Å². The third-order valence-corrected chi connectivity index (χ3v) is 7.40. The van der Waals surface area contributed by atoms with Crippen LogP contribution in [0, 0.1) is 6.92 Å². The van der Waals surface area contributed by atoms with Crippen LogP contribution in [0.3, 0.4) is 0 Å². The largest absolute Gasteiger partial charge is 0.390 e. The smallest absolute Gasteiger partial charge is 0.238 e. The van der Waals surface area contributed by atoms with Gasteiger partial charge in [0.05, 0.1) is 28.5 Å². The fourth-order valence-electron chi connectivity index (χ4n) is 4.57. The van der Waals surface area contributed by atoms with Crippen molar-refractivity contribution in [1.82, 2.24) is 19.7 Å². The Hall–Kier alpha value is -3.38. The zero-order valence-electron chi connectivity index (χ0n) is 20.6. The van der Waals surface area contributed by atoms with Crippen molar-refractivity contribution < 1.29 is 13.5 Å². The lowest BCUT2D eigenvalue weighted by atomic mass is 9.94. The number of aromatic nitrogens is 3. The number of hydrogen-bond acceptors (Lipinski definition) is 7. The Morgan fingerprint density at radius 3 is 2.56 bits per heavy atom. The number of aryl methyl sites for hydroxylation is 2. The van der Waals surface area contributed by atoms with Gasteiger partial charge in [0.25, 0.3) is 0 Å². The number of rotatable bonds is 8. The molecule has 1 aliphatic rings. The molecule has 36 heavy (non-hydrogen) atoms. The first-order valence-corrected chi connectivity index (χ1v) is 13.1. The predicted octanol–water partition coefficient (Wildman–Crippen LogP) is 2.34. The van der Waals surface area contributed by atoms with E-state index < -0.39 is 15.6 Å². The van der Waals surface area contributed by atoms with Crippen molar-refractivity contribution in [2.45, 2.75) is 50.7 Å². The van der Waals surface area contributed by atoms with Gasteiger partial charge >= 0.3 is 0 Å². The van der Waals surface area contributed by atoms with Crippen molar-refractivity contribution in [1.29, 1.82) is 0 Å². The summed E-state index contributed by atoms with van der Waals surface area (Å²) in [5.74, 6) is 0.407. The molecule has 3 heterocycles. The number of quaternary nitrogens is 1. The van der Waals surface area contributed by atoms with E-state index in [0.717, 1.165) is 22.4 Å². The number of sulfonamides is 1. The predicted molar refractivity (Wildman–Crippen MR) is 140 cm³/mol. The summed E-state index contributed by atoms with van der Waals surface area (Å²) in [5.41, 5.74) is 9.90. The highest BCUT2D eigenvalue weighted by atomic mass is 32.2. The van der Waals surface area contributed by atoms with Gasteiger partial charge in [0, 0.05) is 18.0 Å². The molecule has 2 aromatic heterocycles. The Balaban J connectivity index is 1.94. The summed E-state index contributed by atoms with van der Waals surface area (Å²) >= 11 is 0. The lowest BCUT2D eigenvalue weighted by Crippen LogP contribution is -2.53. The maximum absolute atomic E-state index is 12.9. The highest BCUT2D eigenvalue weighted by Crippen LogP contribution is 2.41. The van der Waals surface area contributed by atoms with Crippen LogP contribution in [0.25, 0.3) is 5.70 Å². The molecule has 0 saturated heterocycles. The Kier molecular flexibility index (Phi) is 6.84. The quantitative estimate of drug-likeness (QED) is 0.340. The van der Waals surface area contributed by atoms with Crippen LogP contribution in [0.15, 0.2) is 65.1 Å². The molecule has 190 valence electrons. The summed E-state index contributed by atoms with van der Waals surface area (Å²) in [6.07, 6.45) is 9.49. The maximum Gasteiger partial charge on any atom is 0.238 e. The molecule has 0 saturated carbocycles. The average molecular weight is 511 g/mol. The van der Waals surface area contributed by atoms with E-state index in [2.05, 4.69) is 20.2 Å². The Bertz CT molecular complexity index is 1410. The normalized spacial score (nSPS) is 18.6. The summed E-state index contributed by atoms with van der Waals surface area (Å²) < 4.78 is 25.9. The monoisotopic (exact) mass is 510 g/mol. The van der Waals surface area contributed by atoms with Gasteiger partial charge in [-0.1, -0.05) is 0 Å². The van der Waals surface area contributed by atoms with Gasteiger partial charge in [0.2, 0.25) is 10.0 Å². The van der Waals surface area contributed by atoms with Crippen LogP contribution >= 0.6 is 0 Å². The number of amidine groups is 1. The minimum absolute atomic E-state index is 0.00138. The van der Waals surface area contributed by atoms with Crippen molar-refractivity contribution in [3.63, 3.8) is 0 Å². The number of hydrogen-bond donors (Lipinski definition) is 4. The molecule has 0 fully saturated rings. The molecular formula is C25H32N7O3S+. The van der Waals surface area contributed by atoms with Gasteiger partial charge in [-0.2, -0.15) is 5.10 Å². The summed E-state index contributed by atoms with van der Waals surface area (Å²) in [6.45, 7) is 6.13. The number of nitrogens with zero attached hydrogens (tertiary/aromatic N) is 4. The lowest BCUT2D eigenvalue weighted by Gasteiger charge is -2.40. The highest BCUT2D eigenvalue weighted by Gasteiger charge is 2.42. The van der Waals surface area contributed by atoms with Gasteiger partial charge in [-0.15, -0.1) is 0 Å². The van der Waals surface area contributed by atoms with Crippen LogP contribution < -0.4 is 15.4 Å². The van der Waals surface area contributed by atoms with E-state index in [1.165, 1.54) is 0 Å². The number of aliphatic hydroxyl groups is 1. The molecule has 1 atom stereocenters. The van der Waals surface area contributed by atoms with Gasteiger partial charge in [-0.05, 0) is 69.0 Å². The maximum atomic E-state index is 12.9. The van der Waals surface area contributed by atoms with E-state index in [0.29, 0.717) is 43.0 Å². The molecule has 3 aromatic rings. The standard InChI is InChI=1S/C25H32N7O3S/c1-17-10-21(23(36(27,34)35)11-19(17)4-7-25(2,3)33)22-14-29-24(26)16-32(22,20-12-30-31-13-20)15-18-5-8-28-9-6-18/h5-6,8-14,33H,4,7,15-16H2,1-3H3,(H2,26,29)(H,30,31)(H2,27,34,35)/q+1. The van der Waals surface area contributed by atoms with E-state index in [-0.39, 0.29) is 9.38 Å². The Labute approximate surface area is 211 Å². The van der Waals surface area contributed by atoms with Crippen LogP contribution in [0.5, 0.6) is 0 Å². The minimum atomic E-state index is -4.11. The third kappa shape index (κ3) is 5.39. The number of H-pyrrole nitrogens is 1. The Morgan fingerprint density at radius 1 is 1.22 bits per heavy atom. The first-order chi connectivity index (χ1) is 16.9. The van der Waals surface area contributed by atoms with Crippen LogP contribution in [-0.4, -0.2) is 46.7 Å². The van der Waals surface area contributed by atoms with E-state index in [9.17, 15) is 13.5 Å². The number of nitrogens with one attached hydrogen (secondary N) is 1. The number of pyridine rings is 1. The van der Waals surface area contributed by atoms with Gasteiger partial charge in [-0.25, -0.2) is 23.0 Å². The zero-order valence-corrected chi connectivity index (χ0v) is 21.5. The van der Waals surface area contributed by atoms with Gasteiger partial charge in [0.1, 0.15) is 19.3 Å². The zero-order chi connectivity index (χ0) is 26.1. The molecule has 1 aromatic carbocycles. The lowest BCUT2D eigenvalue weighted by molar-refractivity contribution is 0.0713. The molecule has 0 spiro atoms. The van der Waals surface area contributed by atoms with Gasteiger partial charge in [-0.3, -0.25) is 10.1 Å². The first-order valence-electron chi connectivity index (χ1n) is 11.6. The summed E-state index contributed by atoms with van der Waals surface area (Å²) in [5, 5.41) is 23.0. The molecule has 0 radical (unpaired) electrons. The van der Waals surface area contributed by atoms with Gasteiger partial charge in [0.15, 0.2) is 17.2 Å². The fourth-order valence-corrected chi connectivity index (χ4v) is 5.35. The summed E-state index contributed by atoms with van der Waals surface area (Å²) in [4.78, 5) is 8.50. The van der Waals surface area contributed by atoms with Crippen LogP contribution in [0.1, 0.15) is 42.5 Å². The topological polar surface area (TPSA) is 160 Å². The van der Waals surface area contributed by atoms with Gasteiger partial charge < -0.3 is 10.8 Å². The average Bonchev–Trinajstić information content (AvgIpc) is 3.33. The molecule has 11 heteroatoms. The van der Waals surface area contributed by atoms with Crippen molar-refractivity contribution in [3.05, 3.63) is 77.5 Å². The molecule has 10 nitrogen and oxygen atoms in total. The molecule has 1 unspecified atom stereocenters. The molecule has 4 rings (SSSR count). The molecule has 0 aliphatic carbocycles. The van der Waals surface area contributed by atoms with Crippen molar-refractivity contribution in [2.75, 3.05) is 6.54 Å². The van der Waals surface area contributed by atoms with E-state index >= 15 is 0 Å². The number of aromatic amines is 1. The Morgan fingerprint density at radius 2 is 1.94 bits per heavy atom. The second-order valence-electron chi connectivity index (χ2n) is 9.86. The third-order valence-electron chi connectivity index (χ3n) is 6.45. The molecule has 1 aliphatic heterocycles. The van der Waals surface area contributed by atoms with E-state index in [1.54, 1.807) is 50.9 Å². The number of aliphatic imine (C=N–C) groups is 1. The van der Waals surface area contributed by atoms with Crippen LogP contribution in [-0.2, 0) is 23.0 Å². The van der Waals surface area contributed by atoms with Crippen molar-refractivity contribution in [2.24, 2.45) is 15.9 Å². The second kappa shape index (κ2) is 9.58. The number of benzene rings is 1. The van der Waals surface area contributed by atoms with E-state index in [4.69, 9.17) is 10.9 Å². The SMILES string of the molecule is Cc1cc(C2=CN=C(N)C[N+]2(Cc2ccncc2)c2cn[nH]c2)c(S(N)(=O)=O)cc1CCC(C)(C)O. The number of primary sulfonamides is 1. The molecule has 6 N–H and O–H groups in total. The summed E-state index contributed by atoms with van der Waals surface area (Å²) in [7, 11) is -4.11. The fraction of sp³-hybridized carbons (Fsp3) is 0.320. The summed E-state index contributed by atoms with van der Waals surface area (Å²) in [6, 6.07) is 7.27. The molecule has 0 bridgehead atoms. The van der Waals surface area contributed by atoms with Crippen molar-refractivity contribution >= 4 is 27.2 Å². The number of nitrogens with two attached hydrogens (primary N) is 2. The molecule has 0 amide bonds. The van der Waals surface area contributed by atoms with Crippen LogP contribution in [0.4, 0.5) is 5.69 Å².